The lowest BCUT2D eigenvalue weighted by atomic mass is 10.2. The van der Waals surface area contributed by atoms with Crippen molar-refractivity contribution in [2.45, 2.75) is 26.8 Å². The van der Waals surface area contributed by atoms with Crippen molar-refractivity contribution < 1.29 is 4.79 Å². The second-order valence-corrected chi connectivity index (χ2v) is 4.80. The molecule has 0 bridgehead atoms. The zero-order valence-corrected chi connectivity index (χ0v) is 12.4. The molecule has 0 unspecified atom stereocenters. The quantitative estimate of drug-likeness (QED) is 0.855. The Morgan fingerprint density at radius 1 is 1.29 bits per heavy atom. The summed E-state index contributed by atoms with van der Waals surface area (Å²) in [4.78, 5) is 20.7. The standard InChI is InChI=1S/C16H20N4O/c1-3-7-18-15-9-12(2)19-11-14(15)16(21)20-10-13-6-4-5-8-17-13/h4-6,8-9,11H,3,7,10H2,1-2H3,(H,18,19)(H,20,21). The SMILES string of the molecule is CCCNc1cc(C)ncc1C(=O)NCc1ccccn1. The fraction of sp³-hybridized carbons (Fsp3) is 0.312. The molecule has 0 aromatic carbocycles. The molecular formula is C16H20N4O. The molecule has 5 nitrogen and oxygen atoms in total. The smallest absolute Gasteiger partial charge is 0.255 e. The summed E-state index contributed by atoms with van der Waals surface area (Å²) in [6.45, 7) is 5.22. The van der Waals surface area contributed by atoms with Gasteiger partial charge in [-0.3, -0.25) is 14.8 Å². The van der Waals surface area contributed by atoms with Gasteiger partial charge in [-0.05, 0) is 31.5 Å². The summed E-state index contributed by atoms with van der Waals surface area (Å²) in [6, 6.07) is 7.52. The molecule has 110 valence electrons. The second kappa shape index (κ2) is 7.38. The van der Waals surface area contributed by atoms with Crippen molar-refractivity contribution in [1.82, 2.24) is 15.3 Å². The van der Waals surface area contributed by atoms with Crippen LogP contribution >= 0.6 is 0 Å². The summed E-state index contributed by atoms with van der Waals surface area (Å²) in [5, 5.41) is 6.14. The molecule has 0 aliphatic carbocycles. The van der Waals surface area contributed by atoms with Crippen molar-refractivity contribution in [2.75, 3.05) is 11.9 Å². The van der Waals surface area contributed by atoms with Crippen molar-refractivity contribution in [1.29, 1.82) is 0 Å². The molecule has 0 aliphatic heterocycles. The van der Waals surface area contributed by atoms with Gasteiger partial charge in [0.05, 0.1) is 23.5 Å². The highest BCUT2D eigenvalue weighted by Gasteiger charge is 2.12. The number of carbonyl (C=O) groups excluding carboxylic acids is 1. The Balaban J connectivity index is 2.07. The van der Waals surface area contributed by atoms with Gasteiger partial charge in [-0.2, -0.15) is 0 Å². The number of aryl methyl sites for hydroxylation is 1. The Morgan fingerprint density at radius 2 is 2.14 bits per heavy atom. The van der Waals surface area contributed by atoms with Gasteiger partial charge in [0.2, 0.25) is 0 Å². The van der Waals surface area contributed by atoms with Crippen LogP contribution in [0.15, 0.2) is 36.7 Å². The van der Waals surface area contributed by atoms with Gasteiger partial charge in [0.25, 0.3) is 5.91 Å². The lowest BCUT2D eigenvalue weighted by Crippen LogP contribution is -2.24. The summed E-state index contributed by atoms with van der Waals surface area (Å²) in [7, 11) is 0. The van der Waals surface area contributed by atoms with Gasteiger partial charge in [0.15, 0.2) is 0 Å². The molecule has 2 heterocycles. The summed E-state index contributed by atoms with van der Waals surface area (Å²) in [5.41, 5.74) is 3.09. The minimum atomic E-state index is -0.147. The van der Waals surface area contributed by atoms with E-state index in [0.29, 0.717) is 12.1 Å². The Labute approximate surface area is 124 Å². The highest BCUT2D eigenvalue weighted by Crippen LogP contribution is 2.15. The zero-order chi connectivity index (χ0) is 15.1. The molecule has 2 N–H and O–H groups in total. The van der Waals surface area contributed by atoms with E-state index in [1.807, 2.05) is 31.2 Å². The van der Waals surface area contributed by atoms with Crippen molar-refractivity contribution in [3.63, 3.8) is 0 Å². The topological polar surface area (TPSA) is 66.9 Å². The van der Waals surface area contributed by atoms with Crippen molar-refractivity contribution >= 4 is 11.6 Å². The van der Waals surface area contributed by atoms with E-state index >= 15 is 0 Å². The van der Waals surface area contributed by atoms with Crippen LogP contribution in [0, 0.1) is 6.92 Å². The number of pyridine rings is 2. The Hall–Kier alpha value is -2.43. The predicted octanol–water partition coefficient (Wildman–Crippen LogP) is 2.54. The first-order valence-corrected chi connectivity index (χ1v) is 7.09. The molecule has 2 rings (SSSR count). The lowest BCUT2D eigenvalue weighted by molar-refractivity contribution is 0.0951. The molecule has 2 aromatic heterocycles. The molecule has 2 aromatic rings. The Bertz CT molecular complexity index is 598. The number of rotatable bonds is 6. The van der Waals surface area contributed by atoms with Crippen LogP contribution in [-0.2, 0) is 6.54 Å². The molecule has 0 radical (unpaired) electrons. The fourth-order valence-corrected chi connectivity index (χ4v) is 1.92. The van der Waals surface area contributed by atoms with E-state index in [0.717, 1.165) is 30.0 Å². The lowest BCUT2D eigenvalue weighted by Gasteiger charge is -2.12. The zero-order valence-electron chi connectivity index (χ0n) is 12.4. The van der Waals surface area contributed by atoms with Crippen molar-refractivity contribution in [3.8, 4) is 0 Å². The van der Waals surface area contributed by atoms with Crippen LogP contribution < -0.4 is 10.6 Å². The summed E-state index contributed by atoms with van der Waals surface area (Å²) in [6.07, 6.45) is 4.32. The van der Waals surface area contributed by atoms with Crippen molar-refractivity contribution in [2.24, 2.45) is 0 Å². The predicted molar refractivity (Wildman–Crippen MR) is 83.2 cm³/mol. The molecule has 0 atom stereocenters. The number of amides is 1. The van der Waals surface area contributed by atoms with Crippen LogP contribution in [0.5, 0.6) is 0 Å². The second-order valence-electron chi connectivity index (χ2n) is 4.80. The fourth-order valence-electron chi connectivity index (χ4n) is 1.92. The van der Waals surface area contributed by atoms with Gasteiger partial charge in [-0.25, -0.2) is 0 Å². The largest absolute Gasteiger partial charge is 0.384 e. The van der Waals surface area contributed by atoms with Gasteiger partial charge in [-0.15, -0.1) is 0 Å². The highest BCUT2D eigenvalue weighted by atomic mass is 16.1. The van der Waals surface area contributed by atoms with E-state index in [4.69, 9.17) is 0 Å². The molecular weight excluding hydrogens is 264 g/mol. The number of aromatic nitrogens is 2. The third kappa shape index (κ3) is 4.27. The van der Waals surface area contributed by atoms with E-state index in [9.17, 15) is 4.79 Å². The Morgan fingerprint density at radius 3 is 2.86 bits per heavy atom. The number of nitrogens with one attached hydrogen (secondary N) is 2. The Kier molecular flexibility index (Phi) is 5.26. The van der Waals surface area contributed by atoms with Crippen LogP contribution in [0.3, 0.4) is 0 Å². The minimum absolute atomic E-state index is 0.147. The van der Waals surface area contributed by atoms with E-state index in [2.05, 4.69) is 27.5 Å². The van der Waals surface area contributed by atoms with E-state index in [1.165, 1.54) is 0 Å². The molecule has 0 fully saturated rings. The number of carbonyl (C=O) groups is 1. The third-order valence-corrected chi connectivity index (χ3v) is 3.01. The maximum Gasteiger partial charge on any atom is 0.255 e. The van der Waals surface area contributed by atoms with Crippen LogP contribution in [0.25, 0.3) is 0 Å². The van der Waals surface area contributed by atoms with Crippen LogP contribution in [0.1, 0.15) is 35.1 Å². The van der Waals surface area contributed by atoms with Gasteiger partial charge in [0, 0.05) is 24.6 Å². The maximum atomic E-state index is 12.3. The average molecular weight is 284 g/mol. The van der Waals surface area contributed by atoms with Gasteiger partial charge < -0.3 is 10.6 Å². The monoisotopic (exact) mass is 284 g/mol. The van der Waals surface area contributed by atoms with Gasteiger partial charge in [0.1, 0.15) is 0 Å². The van der Waals surface area contributed by atoms with Gasteiger partial charge >= 0.3 is 0 Å². The highest BCUT2D eigenvalue weighted by molar-refractivity contribution is 5.99. The van der Waals surface area contributed by atoms with Crippen LogP contribution in [0.2, 0.25) is 0 Å². The first kappa shape index (κ1) is 15.0. The maximum absolute atomic E-state index is 12.3. The van der Waals surface area contributed by atoms with Gasteiger partial charge in [-0.1, -0.05) is 13.0 Å². The first-order chi connectivity index (χ1) is 10.2. The van der Waals surface area contributed by atoms with E-state index < -0.39 is 0 Å². The number of hydrogen-bond acceptors (Lipinski definition) is 4. The average Bonchev–Trinajstić information content (AvgIpc) is 2.51. The number of hydrogen-bond donors (Lipinski definition) is 2. The molecule has 0 spiro atoms. The normalized spacial score (nSPS) is 10.2. The molecule has 5 heteroatoms. The first-order valence-electron chi connectivity index (χ1n) is 7.09. The summed E-state index contributed by atoms with van der Waals surface area (Å²) in [5.74, 6) is -0.147. The molecule has 21 heavy (non-hydrogen) atoms. The van der Waals surface area contributed by atoms with Crippen LogP contribution in [-0.4, -0.2) is 22.4 Å². The summed E-state index contributed by atoms with van der Waals surface area (Å²) < 4.78 is 0. The summed E-state index contributed by atoms with van der Waals surface area (Å²) >= 11 is 0. The van der Waals surface area contributed by atoms with Crippen LogP contribution in [0.4, 0.5) is 5.69 Å². The third-order valence-electron chi connectivity index (χ3n) is 3.01. The van der Waals surface area contributed by atoms with E-state index in [-0.39, 0.29) is 5.91 Å². The molecule has 0 saturated carbocycles. The van der Waals surface area contributed by atoms with Crippen molar-refractivity contribution in [3.05, 3.63) is 53.6 Å². The molecule has 0 saturated heterocycles. The molecule has 0 aliphatic rings. The number of anilines is 1. The number of nitrogens with zero attached hydrogens (tertiary/aromatic N) is 2. The van der Waals surface area contributed by atoms with E-state index in [1.54, 1.807) is 12.4 Å². The molecule has 1 amide bonds. The minimum Gasteiger partial charge on any atom is -0.384 e.